The molecule has 1 fully saturated rings. The van der Waals surface area contributed by atoms with Crippen LogP contribution in [-0.2, 0) is 14.3 Å². The summed E-state index contributed by atoms with van der Waals surface area (Å²) in [6, 6.07) is 0. The van der Waals surface area contributed by atoms with E-state index >= 15 is 0 Å². The van der Waals surface area contributed by atoms with Crippen molar-refractivity contribution in [3.63, 3.8) is 0 Å². The van der Waals surface area contributed by atoms with Gasteiger partial charge in [-0.3, -0.25) is 4.79 Å². The molecule has 0 bridgehead atoms. The zero-order valence-electron chi connectivity index (χ0n) is 13.4. The molecule has 1 saturated heterocycles. The second kappa shape index (κ2) is 13.1. The average Bonchev–Trinajstić information content (AvgIpc) is 2.49. The van der Waals surface area contributed by atoms with Gasteiger partial charge in [-0.1, -0.05) is 44.9 Å². The predicted octanol–water partition coefficient (Wildman–Crippen LogP) is 4.52. The quantitative estimate of drug-likeness (QED) is 0.508. The van der Waals surface area contributed by atoms with Crippen molar-refractivity contribution in [2.24, 2.45) is 0 Å². The van der Waals surface area contributed by atoms with E-state index in [2.05, 4.69) is 0 Å². The second-order valence-corrected chi connectivity index (χ2v) is 5.99. The molecule has 21 heavy (non-hydrogen) atoms. The van der Waals surface area contributed by atoms with Gasteiger partial charge in [-0.25, -0.2) is 0 Å². The summed E-state index contributed by atoms with van der Waals surface area (Å²) < 4.78 is 11.2. The highest BCUT2D eigenvalue weighted by atomic mass is 16.7. The van der Waals surface area contributed by atoms with Gasteiger partial charge in [0, 0.05) is 19.6 Å². The first-order valence-corrected chi connectivity index (χ1v) is 8.74. The third-order valence-corrected chi connectivity index (χ3v) is 3.98. The summed E-state index contributed by atoms with van der Waals surface area (Å²) in [7, 11) is 0. The zero-order valence-corrected chi connectivity index (χ0v) is 13.4. The fraction of sp³-hybridized carbons (Fsp3) is 0.941. The minimum absolute atomic E-state index is 0.0598. The Labute approximate surface area is 129 Å². The van der Waals surface area contributed by atoms with Gasteiger partial charge in [0.15, 0.2) is 6.29 Å². The largest absolute Gasteiger partial charge is 0.481 e. The summed E-state index contributed by atoms with van der Waals surface area (Å²) in [5.74, 6) is -0.671. The Morgan fingerprint density at radius 3 is 2.14 bits per heavy atom. The highest BCUT2D eigenvalue weighted by molar-refractivity contribution is 5.66. The van der Waals surface area contributed by atoms with E-state index in [0.29, 0.717) is 6.42 Å². The first-order chi connectivity index (χ1) is 10.3. The van der Waals surface area contributed by atoms with Crippen LogP contribution in [0.5, 0.6) is 0 Å². The molecule has 124 valence electrons. The Morgan fingerprint density at radius 2 is 1.57 bits per heavy atom. The number of unbranched alkanes of at least 4 members (excludes halogenated alkanes) is 8. The molecule has 0 radical (unpaired) electrons. The summed E-state index contributed by atoms with van der Waals surface area (Å²) in [6.45, 7) is 1.69. The Morgan fingerprint density at radius 1 is 0.952 bits per heavy atom. The van der Waals surface area contributed by atoms with Gasteiger partial charge < -0.3 is 14.6 Å². The van der Waals surface area contributed by atoms with Gasteiger partial charge in [-0.05, 0) is 32.1 Å². The first kappa shape index (κ1) is 18.4. The third kappa shape index (κ3) is 11.7. The molecule has 0 spiro atoms. The number of rotatable bonds is 13. The van der Waals surface area contributed by atoms with Crippen molar-refractivity contribution < 1.29 is 19.4 Å². The molecule has 1 aliphatic rings. The van der Waals surface area contributed by atoms with Gasteiger partial charge >= 0.3 is 5.97 Å². The van der Waals surface area contributed by atoms with E-state index in [9.17, 15) is 4.79 Å². The van der Waals surface area contributed by atoms with Crippen LogP contribution in [0.4, 0.5) is 0 Å². The highest BCUT2D eigenvalue weighted by Gasteiger charge is 2.13. The van der Waals surface area contributed by atoms with Crippen LogP contribution >= 0.6 is 0 Å². The van der Waals surface area contributed by atoms with E-state index in [4.69, 9.17) is 14.6 Å². The monoisotopic (exact) mass is 300 g/mol. The van der Waals surface area contributed by atoms with Crippen molar-refractivity contribution in [2.75, 3.05) is 13.2 Å². The van der Waals surface area contributed by atoms with Crippen molar-refractivity contribution in [3.05, 3.63) is 0 Å². The van der Waals surface area contributed by atoms with Crippen molar-refractivity contribution in [1.29, 1.82) is 0 Å². The number of carboxylic acid groups (broad SMARTS) is 1. The van der Waals surface area contributed by atoms with Gasteiger partial charge in [0.05, 0.1) is 0 Å². The maximum absolute atomic E-state index is 10.3. The molecular formula is C17H32O4. The molecule has 4 nitrogen and oxygen atoms in total. The lowest BCUT2D eigenvalue weighted by atomic mass is 10.1. The number of hydrogen-bond acceptors (Lipinski definition) is 3. The number of hydrogen-bond donors (Lipinski definition) is 1. The van der Waals surface area contributed by atoms with E-state index in [-0.39, 0.29) is 6.29 Å². The third-order valence-electron chi connectivity index (χ3n) is 3.98. The topological polar surface area (TPSA) is 55.8 Å². The Hall–Kier alpha value is -0.610. The van der Waals surface area contributed by atoms with Crippen LogP contribution in [0, 0.1) is 0 Å². The van der Waals surface area contributed by atoms with Crippen molar-refractivity contribution in [2.45, 2.75) is 89.8 Å². The fourth-order valence-electron chi connectivity index (χ4n) is 2.67. The summed E-state index contributed by atoms with van der Waals surface area (Å²) in [5, 5.41) is 8.52. The number of carbonyl (C=O) groups is 1. The second-order valence-electron chi connectivity index (χ2n) is 5.99. The summed E-state index contributed by atoms with van der Waals surface area (Å²) in [5.41, 5.74) is 0. The maximum Gasteiger partial charge on any atom is 0.303 e. The zero-order chi connectivity index (χ0) is 15.2. The standard InChI is InChI=1S/C17H32O4/c18-16(19)12-8-6-4-2-1-3-5-7-10-14-20-17-13-9-11-15-21-17/h17H,1-15H2,(H,18,19)/t17-/m1/s1. The van der Waals surface area contributed by atoms with Crippen LogP contribution in [0.15, 0.2) is 0 Å². The number of carboxylic acids is 1. The molecule has 0 saturated carbocycles. The smallest absolute Gasteiger partial charge is 0.303 e. The molecule has 1 aliphatic heterocycles. The molecule has 1 heterocycles. The van der Waals surface area contributed by atoms with E-state index < -0.39 is 5.97 Å². The molecule has 0 aromatic rings. The number of ether oxygens (including phenoxy) is 2. The molecule has 1 N–H and O–H groups in total. The van der Waals surface area contributed by atoms with Gasteiger partial charge in [0.25, 0.3) is 0 Å². The maximum atomic E-state index is 10.3. The van der Waals surface area contributed by atoms with Gasteiger partial charge in [0.2, 0.25) is 0 Å². The summed E-state index contributed by atoms with van der Waals surface area (Å²) in [4.78, 5) is 10.3. The van der Waals surface area contributed by atoms with Gasteiger partial charge in [-0.15, -0.1) is 0 Å². The lowest BCUT2D eigenvalue weighted by Crippen LogP contribution is -2.22. The summed E-state index contributed by atoms with van der Waals surface area (Å²) >= 11 is 0. The van der Waals surface area contributed by atoms with Crippen LogP contribution in [0.3, 0.4) is 0 Å². The Bertz CT molecular complexity index is 249. The molecule has 1 rings (SSSR count). The van der Waals surface area contributed by atoms with Crippen LogP contribution in [-0.4, -0.2) is 30.6 Å². The highest BCUT2D eigenvalue weighted by Crippen LogP contribution is 2.15. The molecule has 4 heteroatoms. The first-order valence-electron chi connectivity index (χ1n) is 8.74. The lowest BCUT2D eigenvalue weighted by molar-refractivity contribution is -0.162. The number of aliphatic carboxylic acids is 1. The Balaban J connectivity index is 1.71. The Kier molecular flexibility index (Phi) is 11.5. The van der Waals surface area contributed by atoms with E-state index in [1.54, 1.807) is 0 Å². The molecule has 0 aromatic carbocycles. The van der Waals surface area contributed by atoms with Crippen molar-refractivity contribution in [1.82, 2.24) is 0 Å². The molecule has 0 aliphatic carbocycles. The van der Waals surface area contributed by atoms with E-state index in [1.807, 2.05) is 0 Å². The van der Waals surface area contributed by atoms with Crippen molar-refractivity contribution in [3.8, 4) is 0 Å². The van der Waals surface area contributed by atoms with Gasteiger partial charge in [-0.2, -0.15) is 0 Å². The van der Waals surface area contributed by atoms with Crippen LogP contribution in [0.25, 0.3) is 0 Å². The SMILES string of the molecule is O=C(O)CCCCCCCCCCCO[C@H]1CCCCO1. The minimum atomic E-state index is -0.671. The normalized spacial score (nSPS) is 18.8. The van der Waals surface area contributed by atoms with Crippen molar-refractivity contribution >= 4 is 5.97 Å². The summed E-state index contributed by atoms with van der Waals surface area (Å²) in [6.07, 6.45) is 14.4. The van der Waals surface area contributed by atoms with E-state index in [1.165, 1.54) is 51.4 Å². The van der Waals surface area contributed by atoms with Crippen LogP contribution in [0.2, 0.25) is 0 Å². The molecule has 0 unspecified atom stereocenters. The molecule has 0 aromatic heterocycles. The van der Waals surface area contributed by atoms with Gasteiger partial charge in [0.1, 0.15) is 0 Å². The van der Waals surface area contributed by atoms with E-state index in [0.717, 1.165) is 38.9 Å². The molecule has 0 amide bonds. The molecule has 1 atom stereocenters. The van der Waals surface area contributed by atoms with Crippen LogP contribution < -0.4 is 0 Å². The fourth-order valence-corrected chi connectivity index (χ4v) is 2.67. The molecular weight excluding hydrogens is 268 g/mol. The lowest BCUT2D eigenvalue weighted by Gasteiger charge is -2.22. The van der Waals surface area contributed by atoms with Crippen LogP contribution in [0.1, 0.15) is 83.5 Å². The minimum Gasteiger partial charge on any atom is -0.481 e. The predicted molar refractivity (Wildman–Crippen MR) is 83.3 cm³/mol. The average molecular weight is 300 g/mol.